The Morgan fingerprint density at radius 3 is 1.53 bits per heavy atom. The van der Waals surface area contributed by atoms with E-state index in [1.807, 2.05) is 20.3 Å². The molecule has 0 atom stereocenters. The van der Waals surface area contributed by atoms with Crippen molar-refractivity contribution in [2.45, 2.75) is 19.4 Å². The predicted molar refractivity (Wildman–Crippen MR) is 84.3 cm³/mol. The molecule has 0 spiro atoms. The molecule has 1 aliphatic rings. The van der Waals surface area contributed by atoms with Gasteiger partial charge in [0.15, 0.2) is 0 Å². The smallest absolute Gasteiger partial charge is 0.358 e. The van der Waals surface area contributed by atoms with Crippen molar-refractivity contribution in [3.63, 3.8) is 0 Å². The van der Waals surface area contributed by atoms with Crippen LogP contribution in [-0.4, -0.2) is 10.2 Å². The average molecular weight is 301 g/mol. The van der Waals surface area contributed by atoms with E-state index in [9.17, 15) is 0 Å². The van der Waals surface area contributed by atoms with Crippen LogP contribution in [0.5, 0.6) is 0 Å². The van der Waals surface area contributed by atoms with Crippen molar-refractivity contribution >= 4 is 10.2 Å². The summed E-state index contributed by atoms with van der Waals surface area (Å²) in [6, 6.07) is 17.4. The van der Waals surface area contributed by atoms with E-state index in [4.69, 9.17) is 0 Å². The summed E-state index contributed by atoms with van der Waals surface area (Å²) in [6.07, 6.45) is 2.00. The van der Waals surface area contributed by atoms with E-state index in [2.05, 4.69) is 58.8 Å². The molecule has 0 fully saturated rings. The van der Waals surface area contributed by atoms with Crippen LogP contribution >= 0.6 is 0 Å². The van der Waals surface area contributed by atoms with Gasteiger partial charge < -0.3 is 13.8 Å². The molecule has 1 radical (unpaired) electrons. The van der Waals surface area contributed by atoms with Crippen LogP contribution in [0, 0.1) is 13.8 Å². The Bertz CT molecular complexity index is 463. The van der Waals surface area contributed by atoms with Gasteiger partial charge in [-0.25, -0.2) is 0 Å². The Morgan fingerprint density at radius 2 is 1.16 bits per heavy atom. The zero-order valence-electron chi connectivity index (χ0n) is 12.0. The molecule has 19 heavy (non-hydrogen) atoms. The second-order valence-electron chi connectivity index (χ2n) is 4.30. The first-order valence-electron chi connectivity index (χ1n) is 6.04. The number of rotatable bonds is 0. The average Bonchev–Trinajstić information content (AvgIpc) is 2.66. The summed E-state index contributed by atoms with van der Waals surface area (Å²) < 4.78 is 0. The molecule has 1 aliphatic carbocycles. The third kappa shape index (κ3) is 3.69. The molecule has 2 aromatic carbocycles. The van der Waals surface area contributed by atoms with E-state index in [0.717, 1.165) is 0 Å². The zero-order chi connectivity index (χ0) is 12.3. The number of benzene rings is 2. The molecule has 0 saturated heterocycles. The van der Waals surface area contributed by atoms with Crippen molar-refractivity contribution in [2.24, 2.45) is 0 Å². The maximum Gasteiger partial charge on any atom is 2.00 e. The fraction of sp³-hybridized carbons (Fsp3) is 0.176. The minimum Gasteiger partial charge on any atom is -0.358 e. The fourth-order valence-corrected chi connectivity index (χ4v) is 2.97. The first-order chi connectivity index (χ1) is 8.29. The summed E-state index contributed by atoms with van der Waals surface area (Å²) in [7, 11) is 2.07. The Morgan fingerprint density at radius 1 is 0.842 bits per heavy atom. The summed E-state index contributed by atoms with van der Waals surface area (Å²) in [5, 5.41) is 0. The third-order valence-electron chi connectivity index (χ3n) is 2.96. The molecule has 0 bridgehead atoms. The molecular formula is C17H21SiTi. The van der Waals surface area contributed by atoms with E-state index in [-0.39, 0.29) is 29.1 Å². The minimum atomic E-state index is 0. The van der Waals surface area contributed by atoms with Gasteiger partial charge in [0.2, 0.25) is 0 Å². The van der Waals surface area contributed by atoms with E-state index in [1.165, 1.54) is 22.3 Å². The summed E-state index contributed by atoms with van der Waals surface area (Å²) in [5.41, 5.74) is 6.38. The Kier molecular flexibility index (Phi) is 8.24. The standard InChI is InChI=1S/C13H11Si.C3H7.CH3.Ti/c14-13-11-7-3-1-5-9(11)10-6-2-4-8-12(10)13;1-3-2;;/h1-8,13H,14H2;3H,1-2H3;1H3;/q;2*-1;+2. The molecule has 0 heterocycles. The molecule has 2 aromatic rings. The van der Waals surface area contributed by atoms with E-state index >= 15 is 0 Å². The van der Waals surface area contributed by atoms with E-state index < -0.39 is 0 Å². The monoisotopic (exact) mass is 301 g/mol. The van der Waals surface area contributed by atoms with Crippen LogP contribution in [-0.2, 0) is 21.7 Å². The predicted octanol–water partition coefficient (Wildman–Crippen LogP) is 4.07. The van der Waals surface area contributed by atoms with Gasteiger partial charge in [-0.15, -0.1) is 0 Å². The molecule has 2 heteroatoms. The van der Waals surface area contributed by atoms with Gasteiger partial charge in [-0.2, -0.15) is 13.8 Å². The molecule has 97 valence electrons. The van der Waals surface area contributed by atoms with Crippen molar-refractivity contribution in [1.82, 2.24) is 0 Å². The second-order valence-corrected chi connectivity index (χ2v) is 5.12. The second kappa shape index (κ2) is 8.52. The molecule has 0 amide bonds. The van der Waals surface area contributed by atoms with Crippen molar-refractivity contribution in [3.05, 3.63) is 73.5 Å². The quantitative estimate of drug-likeness (QED) is 0.508. The number of hydrogen-bond donors (Lipinski definition) is 0. The van der Waals surface area contributed by atoms with Crippen LogP contribution in [0.15, 0.2) is 48.5 Å². The summed E-state index contributed by atoms with van der Waals surface area (Å²) >= 11 is 0. The maximum absolute atomic E-state index is 2.24. The van der Waals surface area contributed by atoms with Crippen molar-refractivity contribution < 1.29 is 21.7 Å². The van der Waals surface area contributed by atoms with Crippen LogP contribution in [0.1, 0.15) is 30.5 Å². The van der Waals surface area contributed by atoms with Crippen molar-refractivity contribution in [3.8, 4) is 11.1 Å². The SMILES string of the molecule is C[CH-]C.[CH3-].[SiH2]C1c2ccccc2-c2ccccc21.[Ti+2]. The van der Waals surface area contributed by atoms with Gasteiger partial charge in [0.05, 0.1) is 0 Å². The molecule has 0 N–H and O–H groups in total. The summed E-state index contributed by atoms with van der Waals surface area (Å²) in [4.78, 5) is 0. The van der Waals surface area contributed by atoms with Crippen LogP contribution in [0.25, 0.3) is 11.1 Å². The summed E-state index contributed by atoms with van der Waals surface area (Å²) in [6.45, 7) is 4.00. The van der Waals surface area contributed by atoms with Crippen LogP contribution < -0.4 is 0 Å². The molecule has 0 unspecified atom stereocenters. The normalized spacial score (nSPS) is 11.1. The van der Waals surface area contributed by atoms with Gasteiger partial charge in [0.25, 0.3) is 0 Å². The zero-order valence-corrected chi connectivity index (χ0v) is 15.0. The molecular weight excluding hydrogens is 280 g/mol. The maximum atomic E-state index is 2.24. The van der Waals surface area contributed by atoms with Crippen LogP contribution in [0.3, 0.4) is 0 Å². The van der Waals surface area contributed by atoms with E-state index in [0.29, 0.717) is 5.54 Å². The molecule has 0 saturated carbocycles. The van der Waals surface area contributed by atoms with Crippen LogP contribution in [0.2, 0.25) is 0 Å². The first kappa shape index (κ1) is 18.4. The Balaban J connectivity index is 0.000000598. The number of hydrogen-bond acceptors (Lipinski definition) is 0. The van der Waals surface area contributed by atoms with Gasteiger partial charge in [0.1, 0.15) is 0 Å². The molecule has 0 aromatic heterocycles. The van der Waals surface area contributed by atoms with Gasteiger partial charge in [-0.3, -0.25) is 0 Å². The Hall–Kier alpha value is -0.629. The Labute approximate surface area is 135 Å². The fourth-order valence-electron chi connectivity index (χ4n) is 2.26. The molecule has 3 rings (SSSR count). The third-order valence-corrected chi connectivity index (χ3v) is 3.84. The van der Waals surface area contributed by atoms with Gasteiger partial charge in [0, 0.05) is 10.2 Å². The van der Waals surface area contributed by atoms with Crippen LogP contribution in [0.4, 0.5) is 0 Å². The molecule has 0 aliphatic heterocycles. The van der Waals surface area contributed by atoms with E-state index in [1.54, 1.807) is 0 Å². The minimum absolute atomic E-state index is 0. The van der Waals surface area contributed by atoms with Gasteiger partial charge in [-0.1, -0.05) is 48.5 Å². The largest absolute Gasteiger partial charge is 2.00 e. The van der Waals surface area contributed by atoms with Gasteiger partial charge >= 0.3 is 21.7 Å². The molecule has 0 nitrogen and oxygen atoms in total. The number of fused-ring (bicyclic) bond motifs is 3. The topological polar surface area (TPSA) is 0 Å². The van der Waals surface area contributed by atoms with Gasteiger partial charge in [-0.05, 0) is 27.8 Å². The van der Waals surface area contributed by atoms with Crippen molar-refractivity contribution in [2.75, 3.05) is 0 Å². The summed E-state index contributed by atoms with van der Waals surface area (Å²) in [5.74, 6) is 0. The van der Waals surface area contributed by atoms with Crippen molar-refractivity contribution in [1.29, 1.82) is 0 Å². The first-order valence-corrected chi connectivity index (χ1v) is 6.86.